The van der Waals surface area contributed by atoms with E-state index in [1.165, 1.54) is 36.6 Å². The SMILES string of the molecule is CC(C)Cc1nsc(N2CCSC3CCCCC32)n1. The van der Waals surface area contributed by atoms with Crippen LogP contribution in [0.25, 0.3) is 0 Å². The van der Waals surface area contributed by atoms with Crippen LogP contribution in [0, 0.1) is 5.92 Å². The van der Waals surface area contributed by atoms with Crippen LogP contribution in [-0.2, 0) is 6.42 Å². The molecule has 2 fully saturated rings. The molecule has 0 N–H and O–H groups in total. The zero-order valence-corrected chi connectivity index (χ0v) is 13.5. The maximum absolute atomic E-state index is 4.79. The number of nitrogens with zero attached hydrogens (tertiary/aromatic N) is 3. The van der Waals surface area contributed by atoms with E-state index >= 15 is 0 Å². The van der Waals surface area contributed by atoms with E-state index < -0.39 is 0 Å². The van der Waals surface area contributed by atoms with Gasteiger partial charge in [0.15, 0.2) is 0 Å². The van der Waals surface area contributed by atoms with Crippen molar-refractivity contribution >= 4 is 28.4 Å². The van der Waals surface area contributed by atoms with Crippen LogP contribution < -0.4 is 4.90 Å². The lowest BCUT2D eigenvalue weighted by Crippen LogP contribution is -2.49. The van der Waals surface area contributed by atoms with Crippen molar-refractivity contribution in [2.45, 2.75) is 57.2 Å². The molecule has 2 aliphatic rings. The Morgan fingerprint density at radius 2 is 2.16 bits per heavy atom. The average Bonchev–Trinajstić information content (AvgIpc) is 2.85. The fourth-order valence-electron chi connectivity index (χ4n) is 3.14. The summed E-state index contributed by atoms with van der Waals surface area (Å²) >= 11 is 3.79. The van der Waals surface area contributed by atoms with Gasteiger partial charge in [0, 0.05) is 41.5 Å². The fourth-order valence-corrected chi connectivity index (χ4v) is 5.37. The van der Waals surface area contributed by atoms with Crippen molar-refractivity contribution in [2.75, 3.05) is 17.2 Å². The van der Waals surface area contributed by atoms with Crippen molar-refractivity contribution in [1.82, 2.24) is 9.36 Å². The second kappa shape index (κ2) is 6.00. The molecule has 2 heterocycles. The van der Waals surface area contributed by atoms with Gasteiger partial charge in [-0.25, -0.2) is 4.98 Å². The second-order valence-corrected chi connectivity index (χ2v) is 8.12. The van der Waals surface area contributed by atoms with E-state index in [9.17, 15) is 0 Å². The normalized spacial score (nSPS) is 27.6. The minimum absolute atomic E-state index is 0.641. The maximum Gasteiger partial charge on any atom is 0.205 e. The summed E-state index contributed by atoms with van der Waals surface area (Å²) in [6, 6.07) is 0.715. The quantitative estimate of drug-likeness (QED) is 0.852. The number of hydrogen-bond donors (Lipinski definition) is 0. The molecule has 1 aliphatic heterocycles. The molecule has 0 bridgehead atoms. The first-order valence-electron chi connectivity index (χ1n) is 7.45. The van der Waals surface area contributed by atoms with Crippen molar-refractivity contribution in [3.63, 3.8) is 0 Å². The van der Waals surface area contributed by atoms with Gasteiger partial charge in [0.25, 0.3) is 0 Å². The van der Waals surface area contributed by atoms with Gasteiger partial charge in [0.2, 0.25) is 5.13 Å². The molecule has 0 amide bonds. The summed E-state index contributed by atoms with van der Waals surface area (Å²) in [7, 11) is 0. The number of aromatic nitrogens is 2. The van der Waals surface area contributed by atoms with Gasteiger partial charge in [-0.2, -0.15) is 16.1 Å². The van der Waals surface area contributed by atoms with Gasteiger partial charge in [-0.05, 0) is 18.8 Å². The number of thioether (sulfide) groups is 1. The van der Waals surface area contributed by atoms with E-state index in [1.54, 1.807) is 11.5 Å². The van der Waals surface area contributed by atoms with Crippen molar-refractivity contribution in [1.29, 1.82) is 0 Å². The Bertz CT molecular complexity index is 417. The third-order valence-corrected chi connectivity index (χ3v) is 6.21. The Morgan fingerprint density at radius 1 is 1.32 bits per heavy atom. The molecule has 1 aliphatic carbocycles. The molecule has 19 heavy (non-hydrogen) atoms. The molecule has 1 aromatic rings. The van der Waals surface area contributed by atoms with Crippen LogP contribution in [-0.4, -0.2) is 32.9 Å². The van der Waals surface area contributed by atoms with Crippen LogP contribution in [0.4, 0.5) is 5.13 Å². The highest BCUT2D eigenvalue weighted by molar-refractivity contribution is 8.00. The summed E-state index contributed by atoms with van der Waals surface area (Å²) in [5.74, 6) is 2.93. The molecule has 106 valence electrons. The van der Waals surface area contributed by atoms with Crippen LogP contribution in [0.1, 0.15) is 45.4 Å². The Morgan fingerprint density at radius 3 is 3.00 bits per heavy atom. The largest absolute Gasteiger partial charge is 0.342 e. The third-order valence-electron chi connectivity index (χ3n) is 4.03. The van der Waals surface area contributed by atoms with E-state index in [2.05, 4.69) is 34.9 Å². The zero-order chi connectivity index (χ0) is 13.2. The number of hydrogen-bond acceptors (Lipinski definition) is 5. The van der Waals surface area contributed by atoms with Crippen molar-refractivity contribution < 1.29 is 0 Å². The highest BCUT2D eigenvalue weighted by Gasteiger charge is 2.35. The molecule has 1 saturated carbocycles. The van der Waals surface area contributed by atoms with Gasteiger partial charge in [-0.3, -0.25) is 0 Å². The van der Waals surface area contributed by atoms with E-state index in [0.717, 1.165) is 24.0 Å². The highest BCUT2D eigenvalue weighted by Crippen LogP contribution is 2.38. The Kier molecular flexibility index (Phi) is 4.32. The summed E-state index contributed by atoms with van der Waals surface area (Å²) in [5.41, 5.74) is 0. The molecule has 1 saturated heterocycles. The Hall–Kier alpha value is -0.290. The number of anilines is 1. The molecule has 0 aromatic carbocycles. The van der Waals surface area contributed by atoms with Crippen LogP contribution in [0.2, 0.25) is 0 Å². The predicted octanol–water partition coefficient (Wildman–Crippen LogP) is 3.60. The van der Waals surface area contributed by atoms with Gasteiger partial charge >= 0.3 is 0 Å². The van der Waals surface area contributed by atoms with Crippen LogP contribution in [0.3, 0.4) is 0 Å². The fraction of sp³-hybridized carbons (Fsp3) is 0.857. The lowest BCUT2D eigenvalue weighted by atomic mass is 9.93. The van der Waals surface area contributed by atoms with Crippen molar-refractivity contribution in [2.24, 2.45) is 5.92 Å². The van der Waals surface area contributed by atoms with E-state index in [4.69, 9.17) is 4.98 Å². The lowest BCUT2D eigenvalue weighted by Gasteiger charge is -2.43. The molecule has 2 unspecified atom stereocenters. The van der Waals surface area contributed by atoms with Crippen molar-refractivity contribution in [3.05, 3.63) is 5.82 Å². The first-order valence-corrected chi connectivity index (χ1v) is 9.27. The lowest BCUT2D eigenvalue weighted by molar-refractivity contribution is 0.422. The summed E-state index contributed by atoms with van der Waals surface area (Å²) in [6.45, 7) is 5.62. The van der Waals surface area contributed by atoms with E-state index in [1.807, 2.05) is 0 Å². The minimum atomic E-state index is 0.641. The van der Waals surface area contributed by atoms with Gasteiger partial charge in [0.05, 0.1) is 0 Å². The van der Waals surface area contributed by atoms with Gasteiger partial charge in [-0.1, -0.05) is 26.7 Å². The number of fused-ring (bicyclic) bond motifs is 1. The number of rotatable bonds is 3. The molecular weight excluding hydrogens is 274 g/mol. The first kappa shape index (κ1) is 13.7. The molecule has 5 heteroatoms. The standard InChI is InChI=1S/C14H23N3S2/c1-10(2)9-13-15-14(19-16-13)17-7-8-18-12-6-4-3-5-11(12)17/h10-12H,3-9H2,1-2H3. The Balaban J connectivity index is 1.74. The summed E-state index contributed by atoms with van der Waals surface area (Å²) in [5, 5.41) is 2.01. The van der Waals surface area contributed by atoms with Crippen LogP contribution in [0.5, 0.6) is 0 Å². The topological polar surface area (TPSA) is 29.0 Å². The third kappa shape index (κ3) is 3.07. The first-order chi connectivity index (χ1) is 9.24. The summed E-state index contributed by atoms with van der Waals surface area (Å²) < 4.78 is 4.55. The monoisotopic (exact) mass is 297 g/mol. The molecule has 3 rings (SSSR count). The van der Waals surface area contributed by atoms with Crippen LogP contribution in [0.15, 0.2) is 0 Å². The van der Waals surface area contributed by atoms with Crippen LogP contribution >= 0.6 is 23.3 Å². The van der Waals surface area contributed by atoms with Crippen molar-refractivity contribution in [3.8, 4) is 0 Å². The van der Waals surface area contributed by atoms with E-state index in [0.29, 0.717) is 12.0 Å². The summed E-state index contributed by atoms with van der Waals surface area (Å²) in [6.07, 6.45) is 6.54. The molecule has 2 atom stereocenters. The zero-order valence-electron chi connectivity index (χ0n) is 11.8. The minimum Gasteiger partial charge on any atom is -0.342 e. The Labute approximate surface area is 124 Å². The molecular formula is C14H23N3S2. The van der Waals surface area contributed by atoms with Gasteiger partial charge < -0.3 is 4.90 Å². The maximum atomic E-state index is 4.79. The second-order valence-electron chi connectivity index (χ2n) is 6.05. The molecule has 0 radical (unpaired) electrons. The van der Waals surface area contributed by atoms with E-state index in [-0.39, 0.29) is 0 Å². The average molecular weight is 297 g/mol. The smallest absolute Gasteiger partial charge is 0.205 e. The highest BCUT2D eigenvalue weighted by atomic mass is 32.2. The predicted molar refractivity (Wildman–Crippen MR) is 84.3 cm³/mol. The molecule has 3 nitrogen and oxygen atoms in total. The van der Waals surface area contributed by atoms with Gasteiger partial charge in [-0.15, -0.1) is 0 Å². The molecule has 0 spiro atoms. The van der Waals surface area contributed by atoms with Gasteiger partial charge in [0.1, 0.15) is 5.82 Å². The molecule has 1 aromatic heterocycles. The summed E-state index contributed by atoms with van der Waals surface area (Å²) in [4.78, 5) is 7.35.